The lowest BCUT2D eigenvalue weighted by Crippen LogP contribution is -2.51. The predicted molar refractivity (Wildman–Crippen MR) is 82.1 cm³/mol. The van der Waals surface area contributed by atoms with Crippen molar-refractivity contribution in [1.29, 1.82) is 0 Å². The molecule has 0 aliphatic heterocycles. The molecule has 1 fully saturated rings. The summed E-state index contributed by atoms with van der Waals surface area (Å²) in [6.45, 7) is 10.4. The van der Waals surface area contributed by atoms with Crippen LogP contribution in [-0.4, -0.2) is 17.1 Å². The first-order valence-electron chi connectivity index (χ1n) is 7.78. The molecule has 4 nitrogen and oxygen atoms in total. The van der Waals surface area contributed by atoms with Crippen LogP contribution in [0.3, 0.4) is 0 Å². The molecule has 21 heavy (non-hydrogen) atoms. The second kappa shape index (κ2) is 5.84. The second-order valence-electron chi connectivity index (χ2n) is 7.02. The van der Waals surface area contributed by atoms with E-state index in [9.17, 15) is 9.90 Å². The summed E-state index contributed by atoms with van der Waals surface area (Å²) in [5.41, 5.74) is -0.208. The van der Waals surface area contributed by atoms with Crippen molar-refractivity contribution in [2.45, 2.75) is 59.5 Å². The molecule has 1 aromatic rings. The third kappa shape index (κ3) is 3.15. The molecule has 4 heteroatoms. The topological polar surface area (TPSA) is 62.5 Å². The number of furan rings is 1. The van der Waals surface area contributed by atoms with Gasteiger partial charge in [0.05, 0.1) is 12.0 Å². The van der Waals surface area contributed by atoms with Gasteiger partial charge in [0.15, 0.2) is 0 Å². The van der Waals surface area contributed by atoms with E-state index in [0.717, 1.165) is 24.4 Å². The van der Waals surface area contributed by atoms with E-state index in [1.807, 2.05) is 19.1 Å². The summed E-state index contributed by atoms with van der Waals surface area (Å²) in [5.74, 6) is 1.23. The van der Waals surface area contributed by atoms with Crippen LogP contribution in [0.25, 0.3) is 0 Å². The molecule has 1 aliphatic rings. The zero-order valence-electron chi connectivity index (χ0n) is 13.6. The third-order valence-corrected chi connectivity index (χ3v) is 5.39. The summed E-state index contributed by atoms with van der Waals surface area (Å²) in [4.78, 5) is 11.4. The number of aliphatic carboxylic acids is 1. The highest BCUT2D eigenvalue weighted by atomic mass is 16.4. The number of carbonyl (C=O) groups is 1. The largest absolute Gasteiger partial charge is 0.481 e. The molecule has 0 spiro atoms. The molecular formula is C17H27NO3. The van der Waals surface area contributed by atoms with Crippen molar-refractivity contribution in [2.75, 3.05) is 0 Å². The van der Waals surface area contributed by atoms with Crippen LogP contribution in [0.4, 0.5) is 0 Å². The number of nitrogens with one attached hydrogen (secondary N) is 1. The molecule has 118 valence electrons. The number of hydrogen-bond donors (Lipinski definition) is 2. The number of rotatable bonds is 4. The normalized spacial score (nSPS) is 30.0. The van der Waals surface area contributed by atoms with E-state index in [4.69, 9.17) is 4.42 Å². The Kier molecular flexibility index (Phi) is 4.47. The van der Waals surface area contributed by atoms with Gasteiger partial charge >= 0.3 is 5.97 Å². The molecule has 1 heterocycles. The number of aryl methyl sites for hydroxylation is 1. The monoisotopic (exact) mass is 293 g/mol. The summed E-state index contributed by atoms with van der Waals surface area (Å²) in [7, 11) is 0. The van der Waals surface area contributed by atoms with Gasteiger partial charge in [-0.25, -0.2) is 0 Å². The van der Waals surface area contributed by atoms with Gasteiger partial charge in [-0.1, -0.05) is 20.8 Å². The van der Waals surface area contributed by atoms with E-state index < -0.39 is 5.97 Å². The zero-order valence-corrected chi connectivity index (χ0v) is 13.6. The quantitative estimate of drug-likeness (QED) is 0.887. The molecule has 2 N–H and O–H groups in total. The molecule has 0 saturated heterocycles. The van der Waals surface area contributed by atoms with Gasteiger partial charge in [0.1, 0.15) is 11.5 Å². The minimum atomic E-state index is -0.667. The highest BCUT2D eigenvalue weighted by Gasteiger charge is 2.46. The van der Waals surface area contributed by atoms with Crippen molar-refractivity contribution in [3.05, 3.63) is 23.7 Å². The molecule has 1 aliphatic carbocycles. The van der Waals surface area contributed by atoms with Gasteiger partial charge in [0, 0.05) is 6.04 Å². The van der Waals surface area contributed by atoms with Crippen molar-refractivity contribution in [2.24, 2.45) is 17.3 Å². The van der Waals surface area contributed by atoms with Gasteiger partial charge in [-0.05, 0) is 50.2 Å². The van der Waals surface area contributed by atoms with Crippen LogP contribution in [-0.2, 0) is 4.79 Å². The first kappa shape index (κ1) is 16.1. The number of carboxylic acids is 1. The maximum atomic E-state index is 11.4. The van der Waals surface area contributed by atoms with Crippen LogP contribution in [0.15, 0.2) is 16.5 Å². The summed E-state index contributed by atoms with van der Waals surface area (Å²) >= 11 is 0. The number of hydrogen-bond acceptors (Lipinski definition) is 3. The fraction of sp³-hybridized carbons (Fsp3) is 0.706. The lowest BCUT2D eigenvalue weighted by atomic mass is 9.61. The lowest BCUT2D eigenvalue weighted by molar-refractivity contribution is -0.150. The Morgan fingerprint density at radius 2 is 2.10 bits per heavy atom. The Morgan fingerprint density at radius 1 is 1.43 bits per heavy atom. The maximum absolute atomic E-state index is 11.4. The van der Waals surface area contributed by atoms with Crippen LogP contribution in [0, 0.1) is 24.2 Å². The molecule has 0 bridgehead atoms. The van der Waals surface area contributed by atoms with Gasteiger partial charge in [-0.2, -0.15) is 0 Å². The van der Waals surface area contributed by atoms with Crippen molar-refractivity contribution in [1.82, 2.24) is 5.32 Å². The fourth-order valence-electron chi connectivity index (χ4n) is 3.56. The summed E-state index contributed by atoms with van der Waals surface area (Å²) in [5, 5.41) is 13.0. The average Bonchev–Trinajstić information content (AvgIpc) is 2.81. The van der Waals surface area contributed by atoms with Gasteiger partial charge in [-0.3, -0.25) is 4.79 Å². The Morgan fingerprint density at radius 3 is 2.62 bits per heavy atom. The van der Waals surface area contributed by atoms with Gasteiger partial charge in [0.2, 0.25) is 0 Å². The van der Waals surface area contributed by atoms with Crippen LogP contribution in [0.5, 0.6) is 0 Å². The second-order valence-corrected chi connectivity index (χ2v) is 7.02. The van der Waals surface area contributed by atoms with Crippen LogP contribution < -0.4 is 5.32 Å². The molecule has 0 amide bonds. The van der Waals surface area contributed by atoms with E-state index in [1.54, 1.807) is 0 Å². The Balaban J connectivity index is 2.07. The first-order chi connectivity index (χ1) is 9.73. The van der Waals surface area contributed by atoms with Crippen LogP contribution >= 0.6 is 0 Å². The smallest absolute Gasteiger partial charge is 0.307 e. The highest BCUT2D eigenvalue weighted by molar-refractivity contribution is 5.71. The predicted octanol–water partition coefficient (Wildman–Crippen LogP) is 3.76. The molecule has 1 aromatic heterocycles. The Bertz CT molecular complexity index is 506. The van der Waals surface area contributed by atoms with Crippen molar-refractivity contribution < 1.29 is 14.3 Å². The molecule has 4 atom stereocenters. The summed E-state index contributed by atoms with van der Waals surface area (Å²) < 4.78 is 5.68. The van der Waals surface area contributed by atoms with Gasteiger partial charge in [0.25, 0.3) is 0 Å². The highest BCUT2D eigenvalue weighted by Crippen LogP contribution is 2.45. The molecular weight excluding hydrogens is 266 g/mol. The SMILES string of the molecule is Cc1ccc(C(C)NC2CCC(C(=O)O)C(C)(C)C2C)o1. The zero-order chi connectivity index (χ0) is 15.8. The van der Waals surface area contributed by atoms with Crippen LogP contribution in [0.1, 0.15) is 58.1 Å². The van der Waals surface area contributed by atoms with Gasteiger partial charge < -0.3 is 14.8 Å². The molecule has 4 unspecified atom stereocenters. The minimum absolute atomic E-state index is 0.142. The molecule has 0 radical (unpaired) electrons. The van der Waals surface area contributed by atoms with E-state index in [2.05, 4.69) is 33.0 Å². The minimum Gasteiger partial charge on any atom is -0.481 e. The van der Waals surface area contributed by atoms with Gasteiger partial charge in [-0.15, -0.1) is 0 Å². The summed E-state index contributed by atoms with van der Waals surface area (Å²) in [6.07, 6.45) is 1.62. The Hall–Kier alpha value is -1.29. The van der Waals surface area contributed by atoms with Crippen molar-refractivity contribution >= 4 is 5.97 Å². The van der Waals surface area contributed by atoms with E-state index in [0.29, 0.717) is 12.0 Å². The standard InChI is InChI=1S/C17H27NO3/c1-10-6-9-15(21-10)12(3)18-14-8-7-13(16(19)20)17(4,5)11(14)2/h6,9,11-14,18H,7-8H2,1-5H3,(H,19,20). The molecule has 2 rings (SSSR count). The van der Waals surface area contributed by atoms with Crippen molar-refractivity contribution in [3.8, 4) is 0 Å². The Labute approximate surface area is 126 Å². The van der Waals surface area contributed by atoms with E-state index >= 15 is 0 Å². The average molecular weight is 293 g/mol. The van der Waals surface area contributed by atoms with Crippen molar-refractivity contribution in [3.63, 3.8) is 0 Å². The van der Waals surface area contributed by atoms with Crippen LogP contribution in [0.2, 0.25) is 0 Å². The number of carboxylic acid groups (broad SMARTS) is 1. The van der Waals surface area contributed by atoms with E-state index in [-0.39, 0.29) is 17.4 Å². The molecule has 1 saturated carbocycles. The summed E-state index contributed by atoms with van der Waals surface area (Å²) in [6, 6.07) is 4.44. The maximum Gasteiger partial charge on any atom is 0.307 e. The fourth-order valence-corrected chi connectivity index (χ4v) is 3.56. The third-order valence-electron chi connectivity index (χ3n) is 5.39. The first-order valence-corrected chi connectivity index (χ1v) is 7.78. The lowest BCUT2D eigenvalue weighted by Gasteiger charge is -2.47. The molecule has 0 aromatic carbocycles. The van der Waals surface area contributed by atoms with E-state index in [1.165, 1.54) is 0 Å².